The Hall–Kier alpha value is -0.860. The van der Waals surface area contributed by atoms with Crippen LogP contribution in [-0.4, -0.2) is 11.9 Å². The van der Waals surface area contributed by atoms with E-state index in [0.29, 0.717) is 11.8 Å². The number of esters is 2. The van der Waals surface area contributed by atoms with Crippen molar-refractivity contribution in [1.82, 2.24) is 0 Å². The quantitative estimate of drug-likeness (QED) is 0.402. The summed E-state index contributed by atoms with van der Waals surface area (Å²) in [6, 6.07) is 0. The molecule has 0 aromatic carbocycles. The molecule has 1 heterocycles. The molecule has 4 fully saturated rings. The van der Waals surface area contributed by atoms with Crippen LogP contribution in [0.25, 0.3) is 0 Å². The van der Waals surface area contributed by atoms with Crippen molar-refractivity contribution in [3.8, 4) is 0 Å². The van der Waals surface area contributed by atoms with Crippen LogP contribution in [0.15, 0.2) is 0 Å². The van der Waals surface area contributed by atoms with E-state index >= 15 is 0 Å². The molecule has 1 aliphatic heterocycles. The molecule has 68 valence electrons. The summed E-state index contributed by atoms with van der Waals surface area (Å²) in [5.41, 5.74) is 0. The van der Waals surface area contributed by atoms with Crippen LogP contribution in [0.4, 0.5) is 0 Å². The second kappa shape index (κ2) is 1.68. The molecule has 0 amide bonds. The Morgan fingerprint density at radius 1 is 0.846 bits per heavy atom. The van der Waals surface area contributed by atoms with E-state index in [9.17, 15) is 9.59 Å². The monoisotopic (exact) mass is 178 g/mol. The smallest absolute Gasteiger partial charge is 0.317 e. The lowest BCUT2D eigenvalue weighted by molar-refractivity contribution is -0.154. The normalized spacial score (nSPS) is 60.6. The van der Waals surface area contributed by atoms with Gasteiger partial charge in [-0.25, -0.2) is 0 Å². The van der Waals surface area contributed by atoms with Gasteiger partial charge in [-0.3, -0.25) is 9.59 Å². The minimum Gasteiger partial charge on any atom is -0.393 e. The first kappa shape index (κ1) is 6.57. The van der Waals surface area contributed by atoms with Crippen LogP contribution in [0.1, 0.15) is 12.8 Å². The summed E-state index contributed by atoms with van der Waals surface area (Å²) in [5.74, 6) is 2.00. The van der Waals surface area contributed by atoms with Crippen molar-refractivity contribution in [3.63, 3.8) is 0 Å². The zero-order chi connectivity index (χ0) is 8.74. The van der Waals surface area contributed by atoms with Crippen molar-refractivity contribution in [2.24, 2.45) is 35.5 Å². The van der Waals surface area contributed by atoms with Gasteiger partial charge in [-0.1, -0.05) is 0 Å². The predicted octanol–water partition coefficient (Wildman–Crippen LogP) is 0.588. The summed E-state index contributed by atoms with van der Waals surface area (Å²) in [5, 5.41) is 0. The SMILES string of the molecule is O=C1OC(=O)[C@H]2[C@H]3C[C@H]([C@@H]4C[C@@H]43)[C@@H]12. The van der Waals surface area contributed by atoms with E-state index in [4.69, 9.17) is 4.74 Å². The number of rotatable bonds is 0. The summed E-state index contributed by atoms with van der Waals surface area (Å²) in [4.78, 5) is 22.8. The topological polar surface area (TPSA) is 43.4 Å². The largest absolute Gasteiger partial charge is 0.393 e. The molecule has 0 unspecified atom stereocenters. The van der Waals surface area contributed by atoms with Crippen molar-refractivity contribution in [2.75, 3.05) is 0 Å². The Bertz CT molecular complexity index is 305. The molecular weight excluding hydrogens is 168 g/mol. The molecular formula is C10H10O3. The van der Waals surface area contributed by atoms with Gasteiger partial charge < -0.3 is 4.74 Å². The van der Waals surface area contributed by atoms with Gasteiger partial charge >= 0.3 is 11.9 Å². The highest BCUT2D eigenvalue weighted by Crippen LogP contribution is 2.70. The average molecular weight is 178 g/mol. The summed E-state index contributed by atoms with van der Waals surface area (Å²) in [7, 11) is 0. The van der Waals surface area contributed by atoms with Crippen LogP contribution in [0, 0.1) is 35.5 Å². The first-order valence-electron chi connectivity index (χ1n) is 5.03. The average Bonchev–Trinajstić information content (AvgIpc) is 2.58. The van der Waals surface area contributed by atoms with Gasteiger partial charge in [0.15, 0.2) is 0 Å². The molecule has 3 nitrogen and oxygen atoms in total. The maximum Gasteiger partial charge on any atom is 0.317 e. The number of cyclic esters (lactones) is 2. The molecule has 4 aliphatic rings. The van der Waals surface area contributed by atoms with Crippen LogP contribution >= 0.6 is 0 Å². The van der Waals surface area contributed by atoms with E-state index in [2.05, 4.69) is 0 Å². The summed E-state index contributed by atoms with van der Waals surface area (Å²) < 4.78 is 4.70. The van der Waals surface area contributed by atoms with Gasteiger partial charge in [-0.15, -0.1) is 0 Å². The Morgan fingerprint density at radius 3 is 1.85 bits per heavy atom. The van der Waals surface area contributed by atoms with Gasteiger partial charge in [0.25, 0.3) is 0 Å². The minimum absolute atomic E-state index is 0.0405. The fourth-order valence-corrected chi connectivity index (χ4v) is 4.12. The van der Waals surface area contributed by atoms with Gasteiger partial charge in [-0.2, -0.15) is 0 Å². The molecule has 0 N–H and O–H groups in total. The molecule has 3 saturated carbocycles. The number of fused-ring (bicyclic) bond motifs is 8. The Kier molecular flexibility index (Phi) is 0.848. The fraction of sp³-hybridized carbons (Fsp3) is 0.800. The highest BCUT2D eigenvalue weighted by molar-refractivity contribution is 5.97. The van der Waals surface area contributed by atoms with E-state index in [-0.39, 0.29) is 23.8 Å². The minimum atomic E-state index is -0.229. The third-order valence-electron chi connectivity index (χ3n) is 4.59. The number of hydrogen-bond donors (Lipinski definition) is 0. The van der Waals surface area contributed by atoms with E-state index in [1.54, 1.807) is 0 Å². The highest BCUT2D eigenvalue weighted by atomic mass is 16.6. The molecule has 0 radical (unpaired) electrons. The number of ether oxygens (including phenoxy) is 1. The van der Waals surface area contributed by atoms with Crippen LogP contribution in [0.5, 0.6) is 0 Å². The lowest BCUT2D eigenvalue weighted by atomic mass is 9.81. The second-order valence-electron chi connectivity index (χ2n) is 4.92. The fourth-order valence-electron chi connectivity index (χ4n) is 4.12. The van der Waals surface area contributed by atoms with Crippen molar-refractivity contribution < 1.29 is 14.3 Å². The summed E-state index contributed by atoms with van der Waals surface area (Å²) in [6.07, 6.45) is 2.38. The van der Waals surface area contributed by atoms with Crippen molar-refractivity contribution >= 4 is 11.9 Å². The Balaban J connectivity index is 1.84. The van der Waals surface area contributed by atoms with E-state index in [1.807, 2.05) is 0 Å². The van der Waals surface area contributed by atoms with Crippen molar-refractivity contribution in [2.45, 2.75) is 12.8 Å². The number of hydrogen-bond acceptors (Lipinski definition) is 3. The number of carbonyl (C=O) groups excluding carboxylic acids is 2. The maximum absolute atomic E-state index is 11.4. The molecule has 3 heteroatoms. The van der Waals surface area contributed by atoms with Gasteiger partial charge in [0.05, 0.1) is 11.8 Å². The van der Waals surface area contributed by atoms with Crippen molar-refractivity contribution in [3.05, 3.63) is 0 Å². The van der Waals surface area contributed by atoms with Gasteiger partial charge in [0.2, 0.25) is 0 Å². The molecule has 13 heavy (non-hydrogen) atoms. The lowest BCUT2D eigenvalue weighted by Gasteiger charge is -2.17. The summed E-state index contributed by atoms with van der Waals surface area (Å²) >= 11 is 0. The molecule has 0 spiro atoms. The predicted molar refractivity (Wildman–Crippen MR) is 41.3 cm³/mol. The van der Waals surface area contributed by atoms with Gasteiger partial charge in [-0.05, 0) is 36.5 Å². The third-order valence-corrected chi connectivity index (χ3v) is 4.59. The first-order chi connectivity index (χ1) is 6.27. The molecule has 0 aromatic heterocycles. The van der Waals surface area contributed by atoms with Crippen LogP contribution in [0.3, 0.4) is 0 Å². The Morgan fingerprint density at radius 2 is 1.31 bits per heavy atom. The van der Waals surface area contributed by atoms with Crippen LogP contribution in [0.2, 0.25) is 0 Å². The van der Waals surface area contributed by atoms with Crippen LogP contribution < -0.4 is 0 Å². The van der Waals surface area contributed by atoms with Gasteiger partial charge in [0.1, 0.15) is 0 Å². The Labute approximate surface area is 75.4 Å². The third kappa shape index (κ3) is 0.550. The highest BCUT2D eigenvalue weighted by Gasteiger charge is 2.71. The van der Waals surface area contributed by atoms with Crippen LogP contribution in [-0.2, 0) is 14.3 Å². The van der Waals surface area contributed by atoms with Gasteiger partial charge in [0, 0.05) is 0 Å². The molecule has 1 saturated heterocycles. The standard InChI is InChI=1S/C10H10O3/c11-9-7-5-2-6(4-1-3(4)5)8(7)10(12)13-9/h3-8H,1-2H2/t3-,4+,5-,6+,7-,8+. The molecule has 0 aromatic rings. The molecule has 6 atom stereocenters. The molecule has 4 rings (SSSR count). The van der Waals surface area contributed by atoms with E-state index in [1.165, 1.54) is 6.42 Å². The summed E-state index contributed by atoms with van der Waals surface area (Å²) in [6.45, 7) is 0. The second-order valence-corrected chi connectivity index (χ2v) is 4.92. The van der Waals surface area contributed by atoms with E-state index in [0.717, 1.165) is 18.3 Å². The first-order valence-corrected chi connectivity index (χ1v) is 5.03. The zero-order valence-corrected chi connectivity index (χ0v) is 7.10. The molecule has 3 aliphatic carbocycles. The van der Waals surface area contributed by atoms with Crippen molar-refractivity contribution in [1.29, 1.82) is 0 Å². The van der Waals surface area contributed by atoms with E-state index < -0.39 is 0 Å². The zero-order valence-electron chi connectivity index (χ0n) is 7.10. The maximum atomic E-state index is 11.4. The molecule has 2 bridgehead atoms. The lowest BCUT2D eigenvalue weighted by Crippen LogP contribution is -2.26. The number of carbonyl (C=O) groups is 2.